The molecule has 0 aliphatic carbocycles. The molecule has 0 aromatic heterocycles. The number of aliphatic imine (C=N–C) groups is 1. The van der Waals surface area contributed by atoms with E-state index < -0.39 is 23.7 Å². The predicted octanol–water partition coefficient (Wildman–Crippen LogP) is 2.25. The van der Waals surface area contributed by atoms with Crippen molar-refractivity contribution in [3.8, 4) is 0 Å². The number of rotatable bonds is 5. The minimum atomic E-state index is -5.08. The molecule has 2 rings (SSSR count). The van der Waals surface area contributed by atoms with Crippen LogP contribution < -0.4 is 5.32 Å². The van der Waals surface area contributed by atoms with Gasteiger partial charge < -0.3 is 5.32 Å². The van der Waals surface area contributed by atoms with Crippen LogP contribution in [-0.4, -0.2) is 40.9 Å². The Hall–Kier alpha value is -2.64. The molecule has 0 saturated carbocycles. The van der Waals surface area contributed by atoms with Gasteiger partial charge in [-0.1, -0.05) is 43.3 Å². The van der Waals surface area contributed by atoms with E-state index in [1.54, 1.807) is 23.5 Å². The Morgan fingerprint density at radius 1 is 1.38 bits per heavy atom. The fraction of sp³-hybridized carbons (Fsp3) is 0.312. The summed E-state index contributed by atoms with van der Waals surface area (Å²) in [7, 11) is 0. The molecule has 5 nitrogen and oxygen atoms in total. The van der Waals surface area contributed by atoms with Crippen LogP contribution in [0.25, 0.3) is 0 Å². The highest BCUT2D eigenvalue weighted by atomic mass is 19.4. The van der Waals surface area contributed by atoms with Crippen molar-refractivity contribution in [3.05, 3.63) is 48.6 Å². The normalized spacial score (nSPS) is 20.8. The van der Waals surface area contributed by atoms with Crippen LogP contribution in [-0.2, 0) is 9.59 Å². The van der Waals surface area contributed by atoms with Gasteiger partial charge >= 0.3 is 11.8 Å². The molecular formula is C16H16F3N3O2. The van der Waals surface area contributed by atoms with E-state index in [1.165, 1.54) is 25.1 Å². The zero-order valence-electron chi connectivity index (χ0n) is 12.9. The molecule has 0 radical (unpaired) electrons. The van der Waals surface area contributed by atoms with Crippen molar-refractivity contribution in [2.45, 2.75) is 25.2 Å². The summed E-state index contributed by atoms with van der Waals surface area (Å²) in [5.74, 6) is -2.43. The number of carbonyl (C=O) groups excluding carboxylic acids is 2. The Morgan fingerprint density at radius 3 is 2.50 bits per heavy atom. The zero-order valence-corrected chi connectivity index (χ0v) is 12.9. The summed E-state index contributed by atoms with van der Waals surface area (Å²) >= 11 is 0. The van der Waals surface area contributed by atoms with E-state index in [2.05, 4.69) is 11.6 Å². The number of hydrogen-bond acceptors (Lipinski definition) is 3. The van der Waals surface area contributed by atoms with Gasteiger partial charge in [-0.15, -0.1) is 6.58 Å². The molecule has 128 valence electrons. The number of hydrogen-bond donors (Lipinski definition) is 1. The van der Waals surface area contributed by atoms with Crippen molar-refractivity contribution < 1.29 is 22.8 Å². The number of carbonyl (C=O) groups is 2. The molecular weight excluding hydrogens is 323 g/mol. The highest BCUT2D eigenvalue weighted by Crippen LogP contribution is 2.38. The third-order valence-electron chi connectivity index (χ3n) is 3.48. The van der Waals surface area contributed by atoms with E-state index in [4.69, 9.17) is 0 Å². The fourth-order valence-electron chi connectivity index (χ4n) is 2.29. The Balaban J connectivity index is 2.62. The van der Waals surface area contributed by atoms with Crippen LogP contribution >= 0.6 is 0 Å². The maximum absolute atomic E-state index is 13.7. The van der Waals surface area contributed by atoms with Crippen molar-refractivity contribution in [2.24, 2.45) is 4.99 Å². The molecule has 1 unspecified atom stereocenters. The first-order chi connectivity index (χ1) is 11.3. The summed E-state index contributed by atoms with van der Waals surface area (Å²) < 4.78 is 41.0. The summed E-state index contributed by atoms with van der Waals surface area (Å²) in [6.07, 6.45) is -3.99. The van der Waals surface area contributed by atoms with E-state index in [-0.39, 0.29) is 18.8 Å². The van der Waals surface area contributed by atoms with Crippen LogP contribution in [0, 0.1) is 0 Å². The number of benzene rings is 1. The molecule has 1 N–H and O–H groups in total. The molecule has 0 bridgehead atoms. The third-order valence-corrected chi connectivity index (χ3v) is 3.48. The van der Waals surface area contributed by atoms with Gasteiger partial charge in [0.15, 0.2) is 0 Å². The van der Waals surface area contributed by atoms with Gasteiger partial charge in [-0.05, 0) is 0 Å². The average Bonchev–Trinajstić information content (AvgIpc) is 2.82. The van der Waals surface area contributed by atoms with E-state index in [0.717, 1.165) is 4.90 Å². The molecule has 0 spiro atoms. The van der Waals surface area contributed by atoms with E-state index in [0.29, 0.717) is 5.56 Å². The fourth-order valence-corrected chi connectivity index (χ4v) is 2.29. The van der Waals surface area contributed by atoms with Crippen LogP contribution in [0.3, 0.4) is 0 Å². The van der Waals surface area contributed by atoms with Crippen molar-refractivity contribution in [1.29, 1.82) is 0 Å². The van der Waals surface area contributed by atoms with Gasteiger partial charge in [0.2, 0.25) is 5.91 Å². The van der Waals surface area contributed by atoms with Crippen molar-refractivity contribution in [2.75, 3.05) is 6.54 Å². The largest absolute Gasteiger partial charge is 0.442 e. The zero-order chi connectivity index (χ0) is 18.0. The van der Waals surface area contributed by atoms with E-state index in [1.807, 2.05) is 0 Å². The molecule has 2 amide bonds. The molecule has 0 fully saturated rings. The van der Waals surface area contributed by atoms with Gasteiger partial charge in [-0.25, -0.2) is 4.99 Å². The smallest absolute Gasteiger partial charge is 0.316 e. The van der Waals surface area contributed by atoms with Gasteiger partial charge in [0, 0.05) is 18.5 Å². The quantitative estimate of drug-likeness (QED) is 0.837. The average molecular weight is 339 g/mol. The Kier molecular flexibility index (Phi) is 4.77. The molecule has 24 heavy (non-hydrogen) atoms. The minimum Gasteiger partial charge on any atom is -0.316 e. The molecule has 1 aromatic rings. The Labute approximate surface area is 136 Å². The second-order valence-electron chi connectivity index (χ2n) is 5.12. The summed E-state index contributed by atoms with van der Waals surface area (Å²) in [4.78, 5) is 28.6. The molecule has 1 aliphatic heterocycles. The second kappa shape index (κ2) is 6.46. The molecule has 8 heteroatoms. The molecule has 1 aliphatic rings. The number of alkyl halides is 3. The summed E-state index contributed by atoms with van der Waals surface area (Å²) in [6, 6.07) is 8.00. The molecule has 0 saturated heterocycles. The first kappa shape index (κ1) is 17.7. The lowest BCUT2D eigenvalue weighted by molar-refractivity contribution is -0.200. The lowest BCUT2D eigenvalue weighted by atomic mass is 10.1. The van der Waals surface area contributed by atoms with Crippen molar-refractivity contribution in [1.82, 2.24) is 10.2 Å². The first-order valence-electron chi connectivity index (χ1n) is 7.22. The first-order valence-corrected chi connectivity index (χ1v) is 7.22. The SMILES string of the molecule is C=CCN1C(=O)C(NC(=O)CC)(C(F)(F)F)N=C1c1ccccc1. The minimum absolute atomic E-state index is 0.158. The summed E-state index contributed by atoms with van der Waals surface area (Å²) in [6.45, 7) is 4.69. The number of halogens is 3. The molecule has 1 heterocycles. The van der Waals surface area contributed by atoms with Gasteiger partial charge in [-0.2, -0.15) is 13.2 Å². The van der Waals surface area contributed by atoms with Crippen molar-refractivity contribution in [3.63, 3.8) is 0 Å². The third kappa shape index (κ3) is 2.91. The van der Waals surface area contributed by atoms with E-state index in [9.17, 15) is 22.8 Å². The number of amides is 2. The van der Waals surface area contributed by atoms with Gasteiger partial charge in [0.05, 0.1) is 0 Å². The van der Waals surface area contributed by atoms with Crippen LogP contribution in [0.15, 0.2) is 48.0 Å². The van der Waals surface area contributed by atoms with Crippen LogP contribution in [0.5, 0.6) is 0 Å². The standard InChI is InChI=1S/C16H16F3N3O2/c1-3-10-22-13(11-8-6-5-7-9-11)21-15(14(22)24,16(17,18)19)20-12(23)4-2/h3,5-9H,1,4,10H2,2H3,(H,20,23). The Bertz CT molecular complexity index is 686. The summed E-state index contributed by atoms with van der Waals surface area (Å²) in [5, 5.41) is 1.74. The predicted molar refractivity (Wildman–Crippen MR) is 82.1 cm³/mol. The second-order valence-corrected chi connectivity index (χ2v) is 5.12. The van der Waals surface area contributed by atoms with Crippen LogP contribution in [0.1, 0.15) is 18.9 Å². The maximum Gasteiger partial charge on any atom is 0.442 e. The highest BCUT2D eigenvalue weighted by molar-refractivity contribution is 6.16. The number of nitrogens with zero attached hydrogens (tertiary/aromatic N) is 2. The Morgan fingerprint density at radius 2 is 2.00 bits per heavy atom. The summed E-state index contributed by atoms with van der Waals surface area (Å²) in [5.41, 5.74) is -2.97. The number of amidine groups is 1. The monoisotopic (exact) mass is 339 g/mol. The lowest BCUT2D eigenvalue weighted by Crippen LogP contribution is -2.63. The maximum atomic E-state index is 13.7. The topological polar surface area (TPSA) is 61.8 Å². The highest BCUT2D eigenvalue weighted by Gasteiger charge is 2.66. The van der Waals surface area contributed by atoms with Gasteiger partial charge in [-0.3, -0.25) is 14.5 Å². The number of nitrogens with one attached hydrogen (secondary N) is 1. The van der Waals surface area contributed by atoms with Gasteiger partial charge in [0.1, 0.15) is 5.84 Å². The van der Waals surface area contributed by atoms with E-state index >= 15 is 0 Å². The van der Waals surface area contributed by atoms with Gasteiger partial charge in [0.25, 0.3) is 5.91 Å². The molecule has 1 atom stereocenters. The lowest BCUT2D eigenvalue weighted by Gasteiger charge is -2.28. The molecule has 1 aromatic carbocycles. The van der Waals surface area contributed by atoms with Crippen LogP contribution in [0.4, 0.5) is 13.2 Å². The van der Waals surface area contributed by atoms with Crippen LogP contribution in [0.2, 0.25) is 0 Å². The van der Waals surface area contributed by atoms with Crippen molar-refractivity contribution >= 4 is 17.6 Å².